The van der Waals surface area contributed by atoms with Crippen LogP contribution in [0.15, 0.2) is 11.6 Å². The van der Waals surface area contributed by atoms with Crippen LogP contribution < -0.4 is 0 Å². The molecule has 0 amide bonds. The Morgan fingerprint density at radius 3 is 1.97 bits per heavy atom. The second-order valence-electron chi connectivity index (χ2n) is 22.8. The third-order valence-corrected chi connectivity index (χ3v) is 19.6. The molecule has 10 N–H and O–H groups in total. The monoisotopic (exact) mass is 913 g/mol. The molecule has 8 fully saturated rings. The van der Waals surface area contributed by atoms with Gasteiger partial charge < -0.3 is 79.5 Å². The van der Waals surface area contributed by atoms with Crippen LogP contribution >= 0.6 is 0 Å². The van der Waals surface area contributed by atoms with Crippen molar-refractivity contribution in [2.45, 2.75) is 224 Å². The van der Waals surface area contributed by atoms with Gasteiger partial charge in [-0.25, -0.2) is 0 Å². The average molecular weight is 913 g/mol. The molecule has 16 heteroatoms. The number of rotatable bonds is 12. The SMILES string of the molecule is C/C(=C/CC(O)[C@@H](C)[C@H]1CC[C@@]2(C)[C@@H]3CC[C@H]4C(C)(C)[C@@H](O[C@@H]5O[C@H](C)[C@H](O[C@@H]6O[C@H](CO[C@@H]7O[C@H](C)[C@@H](O)[C@H](O)[C@H]7O)[C@@H](O)[C@H](O)[C@H]6O)[C@H](O)[C@H]5O)CC[C@@]45C[C@@]35CC[C@]12C)CO. The molecule has 368 valence electrons. The van der Waals surface area contributed by atoms with Crippen molar-refractivity contribution in [3.8, 4) is 0 Å². The summed E-state index contributed by atoms with van der Waals surface area (Å²) < 4.78 is 35.8. The van der Waals surface area contributed by atoms with Crippen molar-refractivity contribution in [3.05, 3.63) is 11.6 Å². The summed E-state index contributed by atoms with van der Waals surface area (Å²) in [6.07, 6.45) is -9.37. The summed E-state index contributed by atoms with van der Waals surface area (Å²) in [5.41, 5.74) is 1.49. The first kappa shape index (κ1) is 49.5. The Balaban J connectivity index is 0.890. The van der Waals surface area contributed by atoms with E-state index in [0.29, 0.717) is 24.2 Å². The molecule has 8 rings (SSSR count). The van der Waals surface area contributed by atoms with Crippen LogP contribution in [0.25, 0.3) is 0 Å². The highest BCUT2D eigenvalue weighted by molar-refractivity contribution is 5.31. The van der Waals surface area contributed by atoms with Gasteiger partial charge in [0.15, 0.2) is 18.9 Å². The Kier molecular flexibility index (Phi) is 13.8. The number of fused-ring (bicyclic) bond motifs is 2. The second kappa shape index (κ2) is 17.8. The zero-order chi connectivity index (χ0) is 46.6. The number of aliphatic hydroxyl groups excluding tert-OH is 10. The van der Waals surface area contributed by atoms with E-state index in [1.165, 1.54) is 26.2 Å². The first-order valence-corrected chi connectivity index (χ1v) is 24.3. The smallest absolute Gasteiger partial charge is 0.187 e. The van der Waals surface area contributed by atoms with Crippen molar-refractivity contribution >= 4 is 0 Å². The van der Waals surface area contributed by atoms with Gasteiger partial charge in [0.1, 0.15) is 61.0 Å². The normalized spacial score (nSPS) is 54.5. The molecule has 3 aliphatic heterocycles. The van der Waals surface area contributed by atoms with Gasteiger partial charge in [-0.1, -0.05) is 46.3 Å². The molecule has 64 heavy (non-hydrogen) atoms. The molecule has 0 bridgehead atoms. The third kappa shape index (κ3) is 7.72. The van der Waals surface area contributed by atoms with Gasteiger partial charge in [-0.3, -0.25) is 0 Å². The molecule has 3 heterocycles. The van der Waals surface area contributed by atoms with Gasteiger partial charge in [0.25, 0.3) is 0 Å². The van der Waals surface area contributed by atoms with Gasteiger partial charge in [0.2, 0.25) is 0 Å². The molecule has 3 saturated heterocycles. The summed E-state index contributed by atoms with van der Waals surface area (Å²) in [6.45, 7) is 16.5. The summed E-state index contributed by atoms with van der Waals surface area (Å²) in [5, 5.41) is 107. The Hall–Kier alpha value is -0.900. The van der Waals surface area contributed by atoms with Crippen LogP contribution in [0.3, 0.4) is 0 Å². The van der Waals surface area contributed by atoms with E-state index in [1.54, 1.807) is 6.92 Å². The quantitative estimate of drug-likeness (QED) is 0.0987. The first-order valence-electron chi connectivity index (χ1n) is 24.3. The third-order valence-electron chi connectivity index (χ3n) is 19.6. The zero-order valence-corrected chi connectivity index (χ0v) is 39.1. The molecule has 8 aliphatic rings. The number of ether oxygens (including phenoxy) is 6. The highest BCUT2D eigenvalue weighted by atomic mass is 16.8. The minimum absolute atomic E-state index is 0.0165. The minimum Gasteiger partial charge on any atom is -0.393 e. The minimum atomic E-state index is -1.76. The summed E-state index contributed by atoms with van der Waals surface area (Å²) in [6, 6.07) is 0. The summed E-state index contributed by atoms with van der Waals surface area (Å²) in [4.78, 5) is 0. The van der Waals surface area contributed by atoms with Crippen molar-refractivity contribution in [3.63, 3.8) is 0 Å². The van der Waals surface area contributed by atoms with Gasteiger partial charge >= 0.3 is 0 Å². The Morgan fingerprint density at radius 1 is 0.656 bits per heavy atom. The maximum absolute atomic E-state index is 11.5. The predicted octanol–water partition coefficient (Wildman–Crippen LogP) is 1.64. The van der Waals surface area contributed by atoms with E-state index >= 15 is 0 Å². The standard InChI is InChI=1S/C48H80O16/c1-22(19-49)9-10-27(50)23(2)26-13-15-46(8)30-12-11-29-44(5,6)31(14-16-47(29)21-48(30,47)18-17-45(26,46)7)63-42-39(58)36(55)40(25(4)61-42)64-43-38(57)35(54)33(52)28(62-43)20-59-41-37(56)34(53)32(51)24(3)60-41/h9,23-43,49-58H,10-21H2,1-8H3/b22-9-/t23-,24+,25+,26+,27?,28+,29-,30-,31-,32+,33+,34-,35-,36+,37+,38+,39+,40-,41+,42-,43-,45+,46-,47+,48-/m0/s1. The summed E-state index contributed by atoms with van der Waals surface area (Å²) in [7, 11) is 0. The van der Waals surface area contributed by atoms with Crippen molar-refractivity contribution in [1.82, 2.24) is 0 Å². The van der Waals surface area contributed by atoms with Gasteiger partial charge in [0.05, 0.1) is 37.6 Å². The highest BCUT2D eigenvalue weighted by Crippen LogP contribution is 2.89. The molecule has 25 atom stereocenters. The lowest BCUT2D eigenvalue weighted by molar-refractivity contribution is -0.368. The van der Waals surface area contributed by atoms with E-state index in [0.717, 1.165) is 44.1 Å². The zero-order valence-electron chi connectivity index (χ0n) is 39.1. The number of aliphatic hydroxyl groups is 10. The number of hydrogen-bond acceptors (Lipinski definition) is 16. The summed E-state index contributed by atoms with van der Waals surface area (Å²) >= 11 is 0. The fourth-order valence-electron chi connectivity index (χ4n) is 15.5. The molecule has 1 unspecified atom stereocenters. The average Bonchev–Trinajstić information content (AvgIpc) is 3.85. The molecular formula is C48H80O16. The molecule has 5 saturated carbocycles. The lowest BCUT2D eigenvalue weighted by Crippen LogP contribution is -2.65. The fraction of sp³-hybridized carbons (Fsp3) is 0.958. The van der Waals surface area contributed by atoms with Crippen molar-refractivity contribution < 1.29 is 79.5 Å². The van der Waals surface area contributed by atoms with Gasteiger partial charge in [-0.2, -0.15) is 0 Å². The van der Waals surface area contributed by atoms with Gasteiger partial charge in [0, 0.05) is 0 Å². The topological polar surface area (TPSA) is 258 Å². The predicted molar refractivity (Wildman–Crippen MR) is 229 cm³/mol. The Bertz CT molecular complexity index is 1680. The molecule has 0 aromatic rings. The highest BCUT2D eigenvalue weighted by Gasteiger charge is 2.82. The van der Waals surface area contributed by atoms with E-state index in [9.17, 15) is 51.1 Å². The first-order chi connectivity index (χ1) is 30.0. The van der Waals surface area contributed by atoms with Crippen LogP contribution in [0.2, 0.25) is 0 Å². The van der Waals surface area contributed by atoms with Crippen LogP contribution in [0, 0.1) is 50.7 Å². The van der Waals surface area contributed by atoms with Crippen molar-refractivity contribution in [1.29, 1.82) is 0 Å². The van der Waals surface area contributed by atoms with Gasteiger partial charge in [-0.05, 0) is 136 Å². The molecule has 0 aromatic carbocycles. The molecule has 2 spiro atoms. The Morgan fingerprint density at radius 2 is 1.27 bits per heavy atom. The van der Waals surface area contributed by atoms with Crippen LogP contribution in [0.1, 0.15) is 120 Å². The van der Waals surface area contributed by atoms with E-state index in [-0.39, 0.29) is 45.7 Å². The van der Waals surface area contributed by atoms with Gasteiger partial charge in [-0.15, -0.1) is 0 Å². The van der Waals surface area contributed by atoms with Crippen molar-refractivity contribution in [2.24, 2.45) is 50.7 Å². The van der Waals surface area contributed by atoms with Crippen LogP contribution in [-0.4, -0.2) is 169 Å². The van der Waals surface area contributed by atoms with E-state index in [4.69, 9.17) is 28.4 Å². The van der Waals surface area contributed by atoms with E-state index in [2.05, 4.69) is 34.6 Å². The summed E-state index contributed by atoms with van der Waals surface area (Å²) in [5.74, 6) is 1.65. The molecule has 0 aromatic heterocycles. The van der Waals surface area contributed by atoms with Crippen LogP contribution in [-0.2, 0) is 28.4 Å². The van der Waals surface area contributed by atoms with E-state index < -0.39 is 105 Å². The molecule has 5 aliphatic carbocycles. The lowest BCUT2D eigenvalue weighted by atomic mass is 9.41. The maximum atomic E-state index is 11.5. The largest absolute Gasteiger partial charge is 0.393 e. The van der Waals surface area contributed by atoms with E-state index in [1.807, 2.05) is 13.0 Å². The second-order valence-corrected chi connectivity index (χ2v) is 22.8. The molecular weight excluding hydrogens is 833 g/mol. The lowest BCUT2D eigenvalue weighted by Gasteiger charge is -2.63. The molecule has 0 radical (unpaired) electrons. The van der Waals surface area contributed by atoms with Crippen LogP contribution in [0.4, 0.5) is 0 Å². The van der Waals surface area contributed by atoms with Crippen LogP contribution in [0.5, 0.6) is 0 Å². The maximum Gasteiger partial charge on any atom is 0.187 e. The fourth-order valence-corrected chi connectivity index (χ4v) is 15.5. The van der Waals surface area contributed by atoms with Crippen molar-refractivity contribution in [2.75, 3.05) is 13.2 Å². The Labute approximate surface area is 378 Å². The molecule has 16 nitrogen and oxygen atoms in total. The number of hydrogen-bond donors (Lipinski definition) is 10.